The summed E-state index contributed by atoms with van der Waals surface area (Å²) in [6.07, 6.45) is 6.54. The highest BCUT2D eigenvalue weighted by Crippen LogP contribution is 2.28. The lowest BCUT2D eigenvalue weighted by atomic mass is 10.1. The van der Waals surface area contributed by atoms with Gasteiger partial charge >= 0.3 is 0 Å². The number of anilines is 1. The number of nitro benzene ring substituents is 1. The van der Waals surface area contributed by atoms with E-state index in [0.717, 1.165) is 6.42 Å². The van der Waals surface area contributed by atoms with E-state index < -0.39 is 4.92 Å². The van der Waals surface area contributed by atoms with E-state index >= 15 is 0 Å². The van der Waals surface area contributed by atoms with Crippen LogP contribution in [0.15, 0.2) is 18.2 Å². The Morgan fingerprint density at radius 3 is 2.88 bits per heavy atom. The fourth-order valence-electron chi connectivity index (χ4n) is 1.44. The highest BCUT2D eigenvalue weighted by molar-refractivity contribution is 6.31. The van der Waals surface area contributed by atoms with Gasteiger partial charge in [0.1, 0.15) is 5.69 Å². The van der Waals surface area contributed by atoms with E-state index in [4.69, 9.17) is 18.0 Å². The van der Waals surface area contributed by atoms with Crippen molar-refractivity contribution in [2.75, 3.05) is 5.32 Å². The second kappa shape index (κ2) is 6.12. The maximum Gasteiger partial charge on any atom is 0.292 e. The molecule has 1 rings (SSSR count). The Labute approximate surface area is 105 Å². The quantitative estimate of drug-likeness (QED) is 0.496. The summed E-state index contributed by atoms with van der Waals surface area (Å²) in [5.41, 5.74) is 0.412. The van der Waals surface area contributed by atoms with Gasteiger partial charge < -0.3 is 5.32 Å². The van der Waals surface area contributed by atoms with Gasteiger partial charge in [-0.3, -0.25) is 10.1 Å². The molecule has 1 N–H and O–H groups in total. The molecule has 90 valence electrons. The van der Waals surface area contributed by atoms with Crippen molar-refractivity contribution in [2.24, 2.45) is 0 Å². The smallest absolute Gasteiger partial charge is 0.292 e. The van der Waals surface area contributed by atoms with E-state index in [2.05, 4.69) is 11.2 Å². The predicted octanol–water partition coefficient (Wildman–Crippen LogP) is 3.46. The van der Waals surface area contributed by atoms with E-state index in [0.29, 0.717) is 17.1 Å². The first kappa shape index (κ1) is 13.3. The molecular weight excluding hydrogens is 240 g/mol. The van der Waals surface area contributed by atoms with Crippen LogP contribution in [-0.2, 0) is 0 Å². The molecule has 0 amide bonds. The van der Waals surface area contributed by atoms with E-state index in [1.54, 1.807) is 6.07 Å². The van der Waals surface area contributed by atoms with Crippen molar-refractivity contribution in [3.8, 4) is 12.3 Å². The minimum atomic E-state index is -0.443. The van der Waals surface area contributed by atoms with Gasteiger partial charge in [0.15, 0.2) is 0 Å². The first-order chi connectivity index (χ1) is 8.08. The Morgan fingerprint density at radius 1 is 1.65 bits per heavy atom. The van der Waals surface area contributed by atoms with Crippen LogP contribution in [-0.4, -0.2) is 11.0 Å². The Balaban J connectivity index is 2.99. The third-order valence-corrected chi connectivity index (χ3v) is 2.61. The maximum absolute atomic E-state index is 10.8. The molecule has 0 radical (unpaired) electrons. The second-order valence-electron chi connectivity index (χ2n) is 3.58. The van der Waals surface area contributed by atoms with E-state index in [9.17, 15) is 10.1 Å². The number of nitrogens with one attached hydrogen (secondary N) is 1. The first-order valence-electron chi connectivity index (χ1n) is 5.22. The molecule has 0 aliphatic heterocycles. The number of hydrogen-bond acceptors (Lipinski definition) is 3. The van der Waals surface area contributed by atoms with Crippen LogP contribution in [0.4, 0.5) is 11.4 Å². The molecule has 5 heteroatoms. The number of halogens is 1. The Morgan fingerprint density at radius 2 is 2.35 bits per heavy atom. The summed E-state index contributed by atoms with van der Waals surface area (Å²) in [5.74, 6) is 2.54. The Kier molecular flexibility index (Phi) is 4.80. The molecule has 0 aromatic heterocycles. The minimum Gasteiger partial charge on any atom is -0.376 e. The Hall–Kier alpha value is -1.73. The van der Waals surface area contributed by atoms with E-state index in [-0.39, 0.29) is 11.7 Å². The van der Waals surface area contributed by atoms with Gasteiger partial charge in [-0.1, -0.05) is 18.5 Å². The zero-order valence-corrected chi connectivity index (χ0v) is 10.2. The minimum absolute atomic E-state index is 0.00451. The van der Waals surface area contributed by atoms with Crippen LogP contribution >= 0.6 is 11.6 Å². The molecule has 4 nitrogen and oxygen atoms in total. The molecule has 0 aliphatic rings. The standard InChI is InChI=1S/C12H13ClN2O2/c1-3-5-10(4-2)14-11-8-9(13)6-7-12(11)15(16)17/h1,6-8,10,14H,4-5H2,2H3. The summed E-state index contributed by atoms with van der Waals surface area (Å²) in [4.78, 5) is 10.4. The molecule has 0 saturated carbocycles. The van der Waals surface area contributed by atoms with Gasteiger partial charge in [0.05, 0.1) is 4.92 Å². The zero-order valence-electron chi connectivity index (χ0n) is 9.44. The summed E-state index contributed by atoms with van der Waals surface area (Å²) in [6, 6.07) is 4.43. The van der Waals surface area contributed by atoms with Gasteiger partial charge in [-0.05, 0) is 18.6 Å². The topological polar surface area (TPSA) is 55.2 Å². The maximum atomic E-state index is 10.8. The van der Waals surface area contributed by atoms with Crippen molar-refractivity contribution in [2.45, 2.75) is 25.8 Å². The fraction of sp³-hybridized carbons (Fsp3) is 0.333. The summed E-state index contributed by atoms with van der Waals surface area (Å²) >= 11 is 5.82. The molecule has 1 unspecified atom stereocenters. The molecule has 0 aliphatic carbocycles. The Bertz CT molecular complexity index is 454. The first-order valence-corrected chi connectivity index (χ1v) is 5.60. The van der Waals surface area contributed by atoms with Crippen molar-refractivity contribution < 1.29 is 4.92 Å². The summed E-state index contributed by atoms with van der Waals surface area (Å²) < 4.78 is 0. The van der Waals surface area contributed by atoms with Crippen LogP contribution in [0.25, 0.3) is 0 Å². The number of nitro groups is 1. The number of benzene rings is 1. The lowest BCUT2D eigenvalue weighted by molar-refractivity contribution is -0.384. The number of nitrogens with zero attached hydrogens (tertiary/aromatic N) is 1. The van der Waals surface area contributed by atoms with Crippen LogP contribution in [0, 0.1) is 22.5 Å². The molecule has 1 atom stereocenters. The molecule has 0 bridgehead atoms. The fourth-order valence-corrected chi connectivity index (χ4v) is 1.61. The molecule has 0 fully saturated rings. The van der Waals surface area contributed by atoms with Gasteiger partial charge in [0.25, 0.3) is 5.69 Å². The number of terminal acetylenes is 1. The van der Waals surface area contributed by atoms with Gasteiger partial charge in [-0.2, -0.15) is 0 Å². The van der Waals surface area contributed by atoms with Gasteiger partial charge in [0.2, 0.25) is 0 Å². The normalized spacial score (nSPS) is 11.6. The molecule has 17 heavy (non-hydrogen) atoms. The van der Waals surface area contributed by atoms with Crippen LogP contribution in [0.2, 0.25) is 5.02 Å². The van der Waals surface area contributed by atoms with Crippen LogP contribution < -0.4 is 5.32 Å². The average Bonchev–Trinajstić information content (AvgIpc) is 2.28. The highest BCUT2D eigenvalue weighted by Gasteiger charge is 2.16. The predicted molar refractivity (Wildman–Crippen MR) is 69.3 cm³/mol. The summed E-state index contributed by atoms with van der Waals surface area (Å²) in [6.45, 7) is 1.96. The van der Waals surface area contributed by atoms with Crippen molar-refractivity contribution in [1.82, 2.24) is 0 Å². The molecule has 0 heterocycles. The summed E-state index contributed by atoms with van der Waals surface area (Å²) in [5, 5.41) is 14.3. The third kappa shape index (κ3) is 3.65. The lowest BCUT2D eigenvalue weighted by Crippen LogP contribution is -2.18. The SMILES string of the molecule is C#CCC(CC)Nc1cc(Cl)ccc1[N+](=O)[O-]. The monoisotopic (exact) mass is 252 g/mol. The highest BCUT2D eigenvalue weighted by atomic mass is 35.5. The molecule has 1 aromatic rings. The van der Waals surface area contributed by atoms with Gasteiger partial charge in [0, 0.05) is 23.6 Å². The average molecular weight is 253 g/mol. The van der Waals surface area contributed by atoms with Crippen LogP contribution in [0.5, 0.6) is 0 Å². The molecule has 0 saturated heterocycles. The molecular formula is C12H13ClN2O2. The molecule has 1 aromatic carbocycles. The summed E-state index contributed by atoms with van der Waals surface area (Å²) in [7, 11) is 0. The van der Waals surface area contributed by atoms with E-state index in [1.165, 1.54) is 12.1 Å². The molecule has 0 spiro atoms. The number of rotatable bonds is 5. The zero-order chi connectivity index (χ0) is 12.8. The van der Waals surface area contributed by atoms with E-state index in [1.807, 2.05) is 6.92 Å². The van der Waals surface area contributed by atoms with Crippen LogP contribution in [0.3, 0.4) is 0 Å². The second-order valence-corrected chi connectivity index (χ2v) is 4.01. The van der Waals surface area contributed by atoms with Gasteiger partial charge in [-0.15, -0.1) is 12.3 Å². The number of hydrogen-bond donors (Lipinski definition) is 1. The van der Waals surface area contributed by atoms with Crippen molar-refractivity contribution in [3.63, 3.8) is 0 Å². The largest absolute Gasteiger partial charge is 0.376 e. The van der Waals surface area contributed by atoms with Crippen molar-refractivity contribution in [1.29, 1.82) is 0 Å². The van der Waals surface area contributed by atoms with Crippen LogP contribution in [0.1, 0.15) is 19.8 Å². The van der Waals surface area contributed by atoms with Crippen molar-refractivity contribution in [3.05, 3.63) is 33.3 Å². The van der Waals surface area contributed by atoms with Crippen molar-refractivity contribution >= 4 is 23.0 Å². The van der Waals surface area contributed by atoms with Gasteiger partial charge in [-0.25, -0.2) is 0 Å². The third-order valence-electron chi connectivity index (χ3n) is 2.37. The lowest BCUT2D eigenvalue weighted by Gasteiger charge is -2.15.